The highest BCUT2D eigenvalue weighted by molar-refractivity contribution is 5.07. The Morgan fingerprint density at radius 2 is 1.64 bits per heavy atom. The molecule has 3 fully saturated rings. The molecule has 0 aromatic rings. The van der Waals surface area contributed by atoms with Gasteiger partial charge in [0.2, 0.25) is 0 Å². The smallest absolute Gasteiger partial charge is 0.198 e. The SMILES string of the molecule is CN/C(=C\C1CCC(N)[C@@H](O[C@@H]2C(N)C[C@@H](N)C(O)C2O)O1)C(O)O[C@H]1OC(CO)[C@@H](N)C(O)C1O. The van der Waals surface area contributed by atoms with Crippen molar-refractivity contribution < 1.29 is 49.6 Å². The second-order valence-corrected chi connectivity index (χ2v) is 9.57. The predicted octanol–water partition coefficient (Wildman–Crippen LogP) is -5.81. The van der Waals surface area contributed by atoms with Crippen LogP contribution in [0.25, 0.3) is 0 Å². The minimum Gasteiger partial charge on any atom is -0.394 e. The van der Waals surface area contributed by atoms with E-state index in [0.717, 1.165) is 0 Å². The molecule has 1 saturated carbocycles. The van der Waals surface area contributed by atoms with Gasteiger partial charge in [0.25, 0.3) is 0 Å². The molecule has 15 nitrogen and oxygen atoms in total. The molecule has 15 N–H and O–H groups in total. The maximum atomic E-state index is 10.6. The van der Waals surface area contributed by atoms with E-state index < -0.39 is 92.4 Å². The van der Waals surface area contributed by atoms with Crippen molar-refractivity contribution in [1.82, 2.24) is 5.32 Å². The van der Waals surface area contributed by atoms with Gasteiger partial charge >= 0.3 is 0 Å². The maximum absolute atomic E-state index is 10.6. The second-order valence-electron chi connectivity index (χ2n) is 9.57. The zero-order valence-corrected chi connectivity index (χ0v) is 20.1. The van der Waals surface area contributed by atoms with Crippen LogP contribution in [0.15, 0.2) is 11.8 Å². The average Bonchev–Trinajstić information content (AvgIpc) is 2.85. The molecule has 2 saturated heterocycles. The van der Waals surface area contributed by atoms with Gasteiger partial charge < -0.3 is 77.8 Å². The molecule has 210 valence electrons. The number of nitrogens with two attached hydrogens (primary N) is 4. The number of hydrogen-bond acceptors (Lipinski definition) is 15. The number of ether oxygens (including phenoxy) is 4. The molecular weight excluding hydrogens is 482 g/mol. The summed E-state index contributed by atoms with van der Waals surface area (Å²) in [6.07, 6.45) is -9.39. The standard InChI is InChI=1S/C21H41N5O10/c1-26-11(19(32)36-21-17(31)15(29)13(25)12(6-27)34-21)4-7-2-3-8(22)20(33-7)35-18-10(24)5-9(23)14(28)16(18)30/h4,7-10,12-21,26-32H,2-3,5-6,22-25H2,1H3/b11-4-/t7?,8?,9-,10?,12?,13-,14?,15?,16?,17?,18-,19?,20-,21-/m1/s1. The van der Waals surface area contributed by atoms with Gasteiger partial charge in [0.15, 0.2) is 18.9 Å². The molecule has 15 heteroatoms. The summed E-state index contributed by atoms with van der Waals surface area (Å²) in [5.74, 6) is 0. The summed E-state index contributed by atoms with van der Waals surface area (Å²) in [5.41, 5.74) is 23.9. The first-order valence-electron chi connectivity index (χ1n) is 12.0. The highest BCUT2D eigenvalue weighted by Gasteiger charge is 2.45. The van der Waals surface area contributed by atoms with Crippen LogP contribution in [0, 0.1) is 0 Å². The minimum atomic E-state index is -1.63. The van der Waals surface area contributed by atoms with E-state index in [4.69, 9.17) is 41.9 Å². The van der Waals surface area contributed by atoms with Crippen molar-refractivity contribution in [3.05, 3.63) is 11.8 Å². The van der Waals surface area contributed by atoms with Crippen LogP contribution >= 0.6 is 0 Å². The molecule has 0 radical (unpaired) electrons. The van der Waals surface area contributed by atoms with E-state index in [1.54, 1.807) is 0 Å². The summed E-state index contributed by atoms with van der Waals surface area (Å²) in [4.78, 5) is 0. The molecule has 1 aliphatic carbocycles. The summed E-state index contributed by atoms with van der Waals surface area (Å²) in [6.45, 7) is -0.518. The summed E-state index contributed by atoms with van der Waals surface area (Å²) in [6, 6.07) is -2.89. The number of nitrogens with one attached hydrogen (secondary N) is 1. The van der Waals surface area contributed by atoms with Gasteiger partial charge in [-0.2, -0.15) is 0 Å². The lowest BCUT2D eigenvalue weighted by Crippen LogP contribution is -2.63. The van der Waals surface area contributed by atoms with Crippen molar-refractivity contribution in [2.75, 3.05) is 13.7 Å². The fraction of sp³-hybridized carbons (Fsp3) is 0.905. The Morgan fingerprint density at radius 1 is 0.944 bits per heavy atom. The normalized spacial score (nSPS) is 47.4. The summed E-state index contributed by atoms with van der Waals surface area (Å²) >= 11 is 0. The first-order chi connectivity index (χ1) is 17.0. The minimum absolute atomic E-state index is 0.158. The van der Waals surface area contributed by atoms with Gasteiger partial charge in [0, 0.05) is 19.1 Å². The predicted molar refractivity (Wildman–Crippen MR) is 123 cm³/mol. The first kappa shape index (κ1) is 29.5. The molecule has 2 aliphatic heterocycles. The lowest BCUT2D eigenvalue weighted by Gasteiger charge is -2.43. The molecular formula is C21H41N5O10. The van der Waals surface area contributed by atoms with Crippen LogP contribution in [0.4, 0.5) is 0 Å². The molecule has 0 spiro atoms. The van der Waals surface area contributed by atoms with Gasteiger partial charge in [-0.25, -0.2) is 0 Å². The van der Waals surface area contributed by atoms with Crippen LogP contribution in [0.5, 0.6) is 0 Å². The van der Waals surface area contributed by atoms with Crippen LogP contribution < -0.4 is 28.3 Å². The van der Waals surface area contributed by atoms with Gasteiger partial charge in [-0.15, -0.1) is 0 Å². The number of aliphatic hydroxyl groups excluding tert-OH is 6. The lowest BCUT2D eigenvalue weighted by molar-refractivity contribution is -0.308. The Morgan fingerprint density at radius 3 is 2.28 bits per heavy atom. The largest absolute Gasteiger partial charge is 0.394 e. The van der Waals surface area contributed by atoms with E-state index in [0.29, 0.717) is 12.8 Å². The summed E-state index contributed by atoms with van der Waals surface area (Å²) in [7, 11) is 1.53. The Kier molecular flexibility index (Phi) is 10.4. The fourth-order valence-electron chi connectivity index (χ4n) is 4.63. The van der Waals surface area contributed by atoms with Crippen LogP contribution in [-0.2, 0) is 18.9 Å². The van der Waals surface area contributed by atoms with Crippen LogP contribution in [0.3, 0.4) is 0 Å². The van der Waals surface area contributed by atoms with Crippen molar-refractivity contribution in [3.8, 4) is 0 Å². The molecule has 0 amide bonds. The molecule has 0 aromatic heterocycles. The lowest BCUT2D eigenvalue weighted by atomic mass is 9.84. The van der Waals surface area contributed by atoms with Crippen molar-refractivity contribution in [3.63, 3.8) is 0 Å². The molecule has 14 atom stereocenters. The Balaban J connectivity index is 1.64. The number of aliphatic hydroxyl groups is 6. The molecule has 2 heterocycles. The first-order valence-corrected chi connectivity index (χ1v) is 12.0. The average molecular weight is 524 g/mol. The fourth-order valence-corrected chi connectivity index (χ4v) is 4.63. The maximum Gasteiger partial charge on any atom is 0.198 e. The molecule has 3 aliphatic rings. The molecule has 36 heavy (non-hydrogen) atoms. The number of likely N-dealkylation sites (N-methyl/N-ethyl adjacent to an activating group) is 1. The monoisotopic (exact) mass is 523 g/mol. The highest BCUT2D eigenvalue weighted by atomic mass is 16.7. The van der Waals surface area contributed by atoms with E-state index in [2.05, 4.69) is 5.32 Å². The third-order valence-electron chi connectivity index (χ3n) is 6.95. The number of hydrogen-bond donors (Lipinski definition) is 11. The third kappa shape index (κ3) is 6.51. The number of rotatable bonds is 8. The summed E-state index contributed by atoms with van der Waals surface area (Å²) in [5, 5.41) is 63.6. The molecule has 0 aromatic carbocycles. The van der Waals surface area contributed by atoms with E-state index in [1.165, 1.54) is 13.1 Å². The van der Waals surface area contributed by atoms with Crippen LogP contribution in [0.2, 0.25) is 0 Å². The zero-order chi connectivity index (χ0) is 26.7. The van der Waals surface area contributed by atoms with Crippen LogP contribution in [0.1, 0.15) is 19.3 Å². The van der Waals surface area contributed by atoms with E-state index >= 15 is 0 Å². The Hall–Kier alpha value is -1.02. The third-order valence-corrected chi connectivity index (χ3v) is 6.95. The summed E-state index contributed by atoms with van der Waals surface area (Å²) < 4.78 is 22.6. The van der Waals surface area contributed by atoms with Gasteiger partial charge in [-0.05, 0) is 25.3 Å². The molecule has 9 unspecified atom stereocenters. The van der Waals surface area contributed by atoms with Crippen molar-refractivity contribution in [1.29, 1.82) is 0 Å². The van der Waals surface area contributed by atoms with Gasteiger partial charge in [-0.3, -0.25) is 0 Å². The van der Waals surface area contributed by atoms with Gasteiger partial charge in [-0.1, -0.05) is 0 Å². The second kappa shape index (κ2) is 12.7. The topological polar surface area (TPSA) is 274 Å². The molecule has 3 rings (SSSR count). The Bertz CT molecular complexity index is 735. The Labute approximate surface area is 208 Å². The van der Waals surface area contributed by atoms with E-state index in [1.807, 2.05) is 0 Å². The molecule has 0 bridgehead atoms. The van der Waals surface area contributed by atoms with Gasteiger partial charge in [0.05, 0.1) is 36.6 Å². The highest BCUT2D eigenvalue weighted by Crippen LogP contribution is 2.28. The zero-order valence-electron chi connectivity index (χ0n) is 20.1. The quantitative estimate of drug-likeness (QED) is 0.132. The van der Waals surface area contributed by atoms with Crippen molar-refractivity contribution >= 4 is 0 Å². The van der Waals surface area contributed by atoms with Crippen molar-refractivity contribution in [2.45, 2.75) is 105 Å². The van der Waals surface area contributed by atoms with E-state index in [-0.39, 0.29) is 12.1 Å². The van der Waals surface area contributed by atoms with Gasteiger partial charge in [0.1, 0.15) is 30.5 Å². The van der Waals surface area contributed by atoms with Crippen molar-refractivity contribution in [2.24, 2.45) is 22.9 Å². The van der Waals surface area contributed by atoms with Crippen LogP contribution in [-0.4, -0.2) is 130 Å². The van der Waals surface area contributed by atoms with E-state index in [9.17, 15) is 30.6 Å².